The standard InChI is InChI=1S/C13H21N3O/c1-3-10-5-4-6-11(7-10)17-13-9-15-8-12(14-2)16-13/h8-11H,3-7H2,1-2H3,(H,14,16). The number of nitrogens with zero attached hydrogens (tertiary/aromatic N) is 2. The second kappa shape index (κ2) is 5.84. The van der Waals surface area contributed by atoms with Crippen LogP contribution in [-0.2, 0) is 0 Å². The normalized spacial score (nSPS) is 24.4. The van der Waals surface area contributed by atoms with Gasteiger partial charge in [0.2, 0.25) is 5.88 Å². The predicted molar refractivity (Wildman–Crippen MR) is 68.2 cm³/mol. The van der Waals surface area contributed by atoms with Crippen molar-refractivity contribution in [3.05, 3.63) is 12.4 Å². The van der Waals surface area contributed by atoms with E-state index in [4.69, 9.17) is 4.74 Å². The lowest BCUT2D eigenvalue weighted by molar-refractivity contribution is 0.117. The highest BCUT2D eigenvalue weighted by Crippen LogP contribution is 2.29. The summed E-state index contributed by atoms with van der Waals surface area (Å²) in [6.45, 7) is 2.26. The van der Waals surface area contributed by atoms with Gasteiger partial charge in [-0.25, -0.2) is 0 Å². The van der Waals surface area contributed by atoms with Gasteiger partial charge in [-0.3, -0.25) is 4.98 Å². The Hall–Kier alpha value is -1.32. The van der Waals surface area contributed by atoms with Crippen LogP contribution < -0.4 is 10.1 Å². The summed E-state index contributed by atoms with van der Waals surface area (Å²) in [4.78, 5) is 8.45. The van der Waals surface area contributed by atoms with E-state index in [0.717, 1.165) is 24.6 Å². The lowest BCUT2D eigenvalue weighted by atomic mass is 9.85. The Kier molecular flexibility index (Phi) is 4.18. The Morgan fingerprint density at radius 2 is 2.29 bits per heavy atom. The van der Waals surface area contributed by atoms with E-state index >= 15 is 0 Å². The molecule has 0 radical (unpaired) electrons. The van der Waals surface area contributed by atoms with Gasteiger partial charge in [0.15, 0.2) is 0 Å². The first-order valence-corrected chi connectivity index (χ1v) is 6.48. The molecule has 1 aliphatic carbocycles. The second-order valence-corrected chi connectivity index (χ2v) is 4.67. The first kappa shape index (κ1) is 12.1. The largest absolute Gasteiger partial charge is 0.473 e. The third-order valence-corrected chi connectivity index (χ3v) is 3.47. The molecule has 17 heavy (non-hydrogen) atoms. The van der Waals surface area contributed by atoms with E-state index in [9.17, 15) is 0 Å². The molecule has 0 aliphatic heterocycles. The maximum atomic E-state index is 5.92. The molecule has 0 spiro atoms. The molecule has 0 aromatic carbocycles. The summed E-state index contributed by atoms with van der Waals surface area (Å²) in [5, 5.41) is 2.97. The van der Waals surface area contributed by atoms with Crippen molar-refractivity contribution in [2.45, 2.75) is 45.1 Å². The van der Waals surface area contributed by atoms with Gasteiger partial charge in [-0.15, -0.1) is 0 Å². The fourth-order valence-corrected chi connectivity index (χ4v) is 2.42. The minimum absolute atomic E-state index is 0.315. The average Bonchev–Trinajstić information content (AvgIpc) is 2.39. The van der Waals surface area contributed by atoms with Crippen LogP contribution in [0.3, 0.4) is 0 Å². The molecule has 0 bridgehead atoms. The number of hydrogen-bond donors (Lipinski definition) is 1. The number of anilines is 1. The van der Waals surface area contributed by atoms with E-state index in [2.05, 4.69) is 22.2 Å². The molecule has 0 amide bonds. The molecule has 2 atom stereocenters. The summed E-state index contributed by atoms with van der Waals surface area (Å²) in [6, 6.07) is 0. The van der Waals surface area contributed by atoms with E-state index in [1.807, 2.05) is 7.05 Å². The topological polar surface area (TPSA) is 47.0 Å². The van der Waals surface area contributed by atoms with Crippen LogP contribution in [0.2, 0.25) is 0 Å². The Morgan fingerprint density at radius 1 is 1.41 bits per heavy atom. The maximum Gasteiger partial charge on any atom is 0.234 e. The fraction of sp³-hybridized carbons (Fsp3) is 0.692. The van der Waals surface area contributed by atoms with Crippen LogP contribution in [0, 0.1) is 5.92 Å². The van der Waals surface area contributed by atoms with Crippen LogP contribution in [0.4, 0.5) is 5.82 Å². The zero-order valence-electron chi connectivity index (χ0n) is 10.6. The molecule has 1 heterocycles. The van der Waals surface area contributed by atoms with Crippen molar-refractivity contribution in [2.75, 3.05) is 12.4 Å². The first-order chi connectivity index (χ1) is 8.31. The molecule has 94 valence electrons. The Balaban J connectivity index is 1.95. The number of aromatic nitrogens is 2. The quantitative estimate of drug-likeness (QED) is 0.871. The summed E-state index contributed by atoms with van der Waals surface area (Å²) in [5.41, 5.74) is 0. The van der Waals surface area contributed by atoms with Crippen molar-refractivity contribution >= 4 is 5.82 Å². The highest BCUT2D eigenvalue weighted by Gasteiger charge is 2.22. The Bertz CT molecular complexity index is 356. The van der Waals surface area contributed by atoms with E-state index < -0.39 is 0 Å². The van der Waals surface area contributed by atoms with Gasteiger partial charge >= 0.3 is 0 Å². The van der Waals surface area contributed by atoms with Crippen LogP contribution in [0.5, 0.6) is 5.88 Å². The van der Waals surface area contributed by atoms with Crippen molar-refractivity contribution < 1.29 is 4.74 Å². The zero-order chi connectivity index (χ0) is 12.1. The Morgan fingerprint density at radius 3 is 3.06 bits per heavy atom. The number of hydrogen-bond acceptors (Lipinski definition) is 4. The van der Waals surface area contributed by atoms with Crippen LogP contribution in [0.15, 0.2) is 12.4 Å². The molecular formula is C13H21N3O. The van der Waals surface area contributed by atoms with E-state index in [0.29, 0.717) is 12.0 Å². The molecule has 1 saturated carbocycles. The van der Waals surface area contributed by atoms with Gasteiger partial charge in [0.05, 0.1) is 12.4 Å². The highest BCUT2D eigenvalue weighted by atomic mass is 16.5. The minimum atomic E-state index is 0.315. The molecule has 2 unspecified atom stereocenters. The molecule has 4 heteroatoms. The lowest BCUT2D eigenvalue weighted by Crippen LogP contribution is -2.25. The van der Waals surface area contributed by atoms with Crippen LogP contribution >= 0.6 is 0 Å². The van der Waals surface area contributed by atoms with Gasteiger partial charge in [0.1, 0.15) is 11.9 Å². The third kappa shape index (κ3) is 3.32. The molecule has 1 N–H and O–H groups in total. The van der Waals surface area contributed by atoms with E-state index in [-0.39, 0.29) is 0 Å². The van der Waals surface area contributed by atoms with Gasteiger partial charge < -0.3 is 10.1 Å². The third-order valence-electron chi connectivity index (χ3n) is 3.47. The summed E-state index contributed by atoms with van der Waals surface area (Å²) in [7, 11) is 1.83. The summed E-state index contributed by atoms with van der Waals surface area (Å²) in [5.74, 6) is 2.21. The summed E-state index contributed by atoms with van der Waals surface area (Å²) in [6.07, 6.45) is 9.86. The molecule has 2 rings (SSSR count). The molecule has 0 saturated heterocycles. The SMILES string of the molecule is CCC1CCCC(Oc2cncc(NC)n2)C1. The molecule has 4 nitrogen and oxygen atoms in total. The van der Waals surface area contributed by atoms with Crippen LogP contribution in [0.1, 0.15) is 39.0 Å². The number of nitrogens with one attached hydrogen (secondary N) is 1. The number of ether oxygens (including phenoxy) is 1. The molecule has 1 aliphatic rings. The van der Waals surface area contributed by atoms with E-state index in [1.54, 1.807) is 12.4 Å². The van der Waals surface area contributed by atoms with Gasteiger partial charge in [0, 0.05) is 7.05 Å². The second-order valence-electron chi connectivity index (χ2n) is 4.67. The van der Waals surface area contributed by atoms with Crippen molar-refractivity contribution in [3.8, 4) is 5.88 Å². The first-order valence-electron chi connectivity index (χ1n) is 6.48. The Labute approximate surface area is 103 Å². The predicted octanol–water partition coefficient (Wildman–Crippen LogP) is 2.87. The molecular weight excluding hydrogens is 214 g/mol. The van der Waals surface area contributed by atoms with Crippen LogP contribution in [0.25, 0.3) is 0 Å². The van der Waals surface area contributed by atoms with E-state index in [1.165, 1.54) is 19.3 Å². The molecule has 1 aromatic rings. The van der Waals surface area contributed by atoms with Gasteiger partial charge in [-0.05, 0) is 25.2 Å². The smallest absolute Gasteiger partial charge is 0.234 e. The van der Waals surface area contributed by atoms with Crippen molar-refractivity contribution in [1.82, 2.24) is 9.97 Å². The number of rotatable bonds is 4. The van der Waals surface area contributed by atoms with Crippen molar-refractivity contribution in [3.63, 3.8) is 0 Å². The van der Waals surface area contributed by atoms with Crippen LogP contribution in [-0.4, -0.2) is 23.1 Å². The molecule has 1 fully saturated rings. The van der Waals surface area contributed by atoms with Crippen molar-refractivity contribution in [1.29, 1.82) is 0 Å². The highest BCUT2D eigenvalue weighted by molar-refractivity contribution is 5.31. The average molecular weight is 235 g/mol. The van der Waals surface area contributed by atoms with Crippen molar-refractivity contribution in [2.24, 2.45) is 5.92 Å². The summed E-state index contributed by atoms with van der Waals surface area (Å²) >= 11 is 0. The molecule has 1 aromatic heterocycles. The van der Waals surface area contributed by atoms with Gasteiger partial charge in [0.25, 0.3) is 0 Å². The monoisotopic (exact) mass is 235 g/mol. The lowest BCUT2D eigenvalue weighted by Gasteiger charge is -2.28. The summed E-state index contributed by atoms with van der Waals surface area (Å²) < 4.78 is 5.92. The van der Waals surface area contributed by atoms with Gasteiger partial charge in [-0.1, -0.05) is 19.8 Å². The fourth-order valence-electron chi connectivity index (χ4n) is 2.42. The van der Waals surface area contributed by atoms with Gasteiger partial charge in [-0.2, -0.15) is 4.98 Å². The zero-order valence-corrected chi connectivity index (χ0v) is 10.6. The maximum absolute atomic E-state index is 5.92. The minimum Gasteiger partial charge on any atom is -0.473 e.